The molecule has 19 heavy (non-hydrogen) atoms. The molecule has 1 fully saturated rings. The van der Waals surface area contributed by atoms with Crippen LogP contribution in [-0.2, 0) is 4.74 Å². The molecule has 0 saturated heterocycles. The first kappa shape index (κ1) is 15.1. The third kappa shape index (κ3) is 3.43. The molecule has 0 heterocycles. The molecule has 1 aliphatic carbocycles. The van der Waals surface area contributed by atoms with E-state index in [1.807, 2.05) is 12.1 Å². The van der Waals surface area contributed by atoms with Crippen molar-refractivity contribution in [2.75, 3.05) is 13.7 Å². The predicted molar refractivity (Wildman–Crippen MR) is 81.1 cm³/mol. The second kappa shape index (κ2) is 6.45. The van der Waals surface area contributed by atoms with Gasteiger partial charge in [0.15, 0.2) is 0 Å². The molecule has 1 aliphatic rings. The molecule has 1 atom stereocenters. The molecule has 0 amide bonds. The van der Waals surface area contributed by atoms with Crippen molar-refractivity contribution in [1.29, 1.82) is 0 Å². The van der Waals surface area contributed by atoms with Gasteiger partial charge in [0.05, 0.1) is 5.60 Å². The SMILES string of the molecule is CCC(NCC1(OC)CCC1)c1ccc(Cl)cc1Cl. The van der Waals surface area contributed by atoms with Crippen molar-refractivity contribution in [2.45, 2.75) is 44.2 Å². The Labute approximate surface area is 125 Å². The van der Waals surface area contributed by atoms with E-state index in [0.29, 0.717) is 5.02 Å². The Balaban J connectivity index is 2.03. The van der Waals surface area contributed by atoms with E-state index in [-0.39, 0.29) is 11.6 Å². The summed E-state index contributed by atoms with van der Waals surface area (Å²) in [5, 5.41) is 4.99. The average molecular weight is 302 g/mol. The van der Waals surface area contributed by atoms with Crippen molar-refractivity contribution < 1.29 is 4.74 Å². The van der Waals surface area contributed by atoms with Crippen molar-refractivity contribution >= 4 is 23.2 Å². The molecule has 4 heteroatoms. The Morgan fingerprint density at radius 2 is 2.11 bits per heavy atom. The zero-order chi connectivity index (χ0) is 13.9. The standard InChI is InChI=1S/C15H21Cl2NO/c1-3-14(12-6-5-11(16)9-13(12)17)18-10-15(19-2)7-4-8-15/h5-6,9,14,18H,3-4,7-8,10H2,1-2H3. The second-order valence-electron chi connectivity index (χ2n) is 5.25. The average Bonchev–Trinajstić information content (AvgIpc) is 2.34. The van der Waals surface area contributed by atoms with Crippen LogP contribution in [0, 0.1) is 0 Å². The first-order valence-electron chi connectivity index (χ1n) is 6.84. The van der Waals surface area contributed by atoms with Crippen molar-refractivity contribution in [3.63, 3.8) is 0 Å². The number of hydrogen-bond acceptors (Lipinski definition) is 2. The largest absolute Gasteiger partial charge is 0.377 e. The fourth-order valence-electron chi connectivity index (χ4n) is 2.59. The van der Waals surface area contributed by atoms with Crippen LogP contribution in [0.1, 0.15) is 44.2 Å². The Kier molecular flexibility index (Phi) is 5.13. The van der Waals surface area contributed by atoms with Crippen LogP contribution in [0.15, 0.2) is 18.2 Å². The van der Waals surface area contributed by atoms with Crippen LogP contribution in [0.4, 0.5) is 0 Å². The van der Waals surface area contributed by atoms with Crippen molar-refractivity contribution in [2.24, 2.45) is 0 Å². The highest BCUT2D eigenvalue weighted by Crippen LogP contribution is 2.35. The number of hydrogen-bond donors (Lipinski definition) is 1. The van der Waals surface area contributed by atoms with Gasteiger partial charge in [-0.25, -0.2) is 0 Å². The maximum atomic E-state index is 6.28. The Morgan fingerprint density at radius 3 is 2.58 bits per heavy atom. The maximum absolute atomic E-state index is 6.28. The molecular weight excluding hydrogens is 281 g/mol. The summed E-state index contributed by atoms with van der Waals surface area (Å²) in [5.41, 5.74) is 1.14. The van der Waals surface area contributed by atoms with E-state index in [1.54, 1.807) is 13.2 Å². The second-order valence-corrected chi connectivity index (χ2v) is 6.09. The maximum Gasteiger partial charge on any atom is 0.0802 e. The van der Waals surface area contributed by atoms with Gasteiger partial charge in [-0.1, -0.05) is 36.2 Å². The van der Waals surface area contributed by atoms with E-state index in [4.69, 9.17) is 27.9 Å². The molecule has 2 nitrogen and oxygen atoms in total. The van der Waals surface area contributed by atoms with Crippen molar-refractivity contribution in [3.8, 4) is 0 Å². The molecule has 0 spiro atoms. The number of halogens is 2. The van der Waals surface area contributed by atoms with Gasteiger partial charge in [0, 0.05) is 29.7 Å². The zero-order valence-electron chi connectivity index (χ0n) is 11.5. The lowest BCUT2D eigenvalue weighted by molar-refractivity contribution is -0.0709. The summed E-state index contributed by atoms with van der Waals surface area (Å²) in [6.45, 7) is 3.03. The Morgan fingerprint density at radius 1 is 1.37 bits per heavy atom. The number of benzene rings is 1. The third-order valence-electron chi connectivity index (χ3n) is 4.11. The first-order valence-corrected chi connectivity index (χ1v) is 7.59. The topological polar surface area (TPSA) is 21.3 Å². The lowest BCUT2D eigenvalue weighted by atomic mass is 9.79. The molecule has 1 saturated carbocycles. The summed E-state index contributed by atoms with van der Waals surface area (Å²) in [7, 11) is 1.80. The monoisotopic (exact) mass is 301 g/mol. The van der Waals surface area contributed by atoms with E-state index in [0.717, 1.165) is 36.4 Å². The number of methoxy groups -OCH3 is 1. The summed E-state index contributed by atoms with van der Waals surface area (Å²) >= 11 is 12.2. The molecule has 1 aromatic carbocycles. The molecule has 106 valence electrons. The van der Waals surface area contributed by atoms with Crippen LogP contribution in [0.5, 0.6) is 0 Å². The lowest BCUT2D eigenvalue weighted by Crippen LogP contribution is -2.48. The molecule has 1 N–H and O–H groups in total. The fraction of sp³-hybridized carbons (Fsp3) is 0.600. The number of rotatable bonds is 6. The minimum absolute atomic E-state index is 0.0340. The van der Waals surface area contributed by atoms with E-state index in [9.17, 15) is 0 Å². The van der Waals surface area contributed by atoms with Gasteiger partial charge in [0.25, 0.3) is 0 Å². The fourth-order valence-corrected chi connectivity index (χ4v) is 3.13. The summed E-state index contributed by atoms with van der Waals surface area (Å²) < 4.78 is 5.64. The molecule has 1 unspecified atom stereocenters. The van der Waals surface area contributed by atoms with Gasteiger partial charge < -0.3 is 10.1 Å². The van der Waals surface area contributed by atoms with Crippen LogP contribution in [0.2, 0.25) is 10.0 Å². The third-order valence-corrected chi connectivity index (χ3v) is 4.68. The van der Waals surface area contributed by atoms with Crippen LogP contribution in [0.3, 0.4) is 0 Å². The molecule has 0 aromatic heterocycles. The minimum Gasteiger partial charge on any atom is -0.377 e. The van der Waals surface area contributed by atoms with Crippen molar-refractivity contribution in [1.82, 2.24) is 5.32 Å². The highest BCUT2D eigenvalue weighted by Gasteiger charge is 2.37. The number of ether oxygens (including phenoxy) is 1. The van der Waals surface area contributed by atoms with Crippen LogP contribution >= 0.6 is 23.2 Å². The van der Waals surface area contributed by atoms with E-state index in [2.05, 4.69) is 12.2 Å². The molecule has 0 bridgehead atoms. The highest BCUT2D eigenvalue weighted by molar-refractivity contribution is 6.35. The molecule has 1 aromatic rings. The van der Waals surface area contributed by atoms with E-state index in [1.165, 1.54) is 6.42 Å². The van der Waals surface area contributed by atoms with Gasteiger partial charge >= 0.3 is 0 Å². The van der Waals surface area contributed by atoms with Crippen LogP contribution in [0.25, 0.3) is 0 Å². The Bertz CT molecular complexity index is 427. The number of nitrogens with one attached hydrogen (secondary N) is 1. The zero-order valence-corrected chi connectivity index (χ0v) is 13.0. The van der Waals surface area contributed by atoms with Gasteiger partial charge in [0.2, 0.25) is 0 Å². The summed E-state index contributed by atoms with van der Waals surface area (Å²) in [6.07, 6.45) is 4.53. The molecule has 2 rings (SSSR count). The summed E-state index contributed by atoms with van der Waals surface area (Å²) in [4.78, 5) is 0. The Hall–Kier alpha value is -0.280. The van der Waals surface area contributed by atoms with Crippen LogP contribution < -0.4 is 5.32 Å². The van der Waals surface area contributed by atoms with Crippen molar-refractivity contribution in [3.05, 3.63) is 33.8 Å². The van der Waals surface area contributed by atoms with E-state index >= 15 is 0 Å². The first-order chi connectivity index (χ1) is 9.10. The predicted octanol–water partition coefficient (Wildman–Crippen LogP) is 4.60. The van der Waals surface area contributed by atoms with Crippen LogP contribution in [-0.4, -0.2) is 19.3 Å². The normalized spacial score (nSPS) is 18.9. The minimum atomic E-state index is 0.0340. The van der Waals surface area contributed by atoms with Gasteiger partial charge in [0.1, 0.15) is 0 Å². The summed E-state index contributed by atoms with van der Waals surface area (Å²) in [6, 6.07) is 5.95. The highest BCUT2D eigenvalue weighted by atomic mass is 35.5. The molecule has 0 radical (unpaired) electrons. The quantitative estimate of drug-likeness (QED) is 0.829. The summed E-state index contributed by atoms with van der Waals surface area (Å²) in [5.74, 6) is 0. The van der Waals surface area contributed by atoms with Gasteiger partial charge in [-0.15, -0.1) is 0 Å². The molecule has 0 aliphatic heterocycles. The van der Waals surface area contributed by atoms with E-state index < -0.39 is 0 Å². The van der Waals surface area contributed by atoms with Gasteiger partial charge in [-0.2, -0.15) is 0 Å². The molecular formula is C15H21Cl2NO. The lowest BCUT2D eigenvalue weighted by Gasteiger charge is -2.41. The smallest absolute Gasteiger partial charge is 0.0802 e. The van der Waals surface area contributed by atoms with Gasteiger partial charge in [-0.3, -0.25) is 0 Å². The van der Waals surface area contributed by atoms with Gasteiger partial charge in [-0.05, 0) is 43.4 Å².